The van der Waals surface area contributed by atoms with Crippen molar-refractivity contribution in [3.05, 3.63) is 35.4 Å². The monoisotopic (exact) mass is 265 g/mol. The maximum absolute atomic E-state index is 11.3. The second kappa shape index (κ2) is 6.35. The van der Waals surface area contributed by atoms with Gasteiger partial charge in [0.15, 0.2) is 0 Å². The summed E-state index contributed by atoms with van der Waals surface area (Å²) in [5.41, 5.74) is 7.96. The Kier molecular flexibility index (Phi) is 4.79. The summed E-state index contributed by atoms with van der Waals surface area (Å²) >= 11 is 5.60. The van der Waals surface area contributed by atoms with E-state index < -0.39 is 0 Å². The Hall–Kier alpha value is -0.860. The summed E-state index contributed by atoms with van der Waals surface area (Å²) in [6.45, 7) is 0.558. The van der Waals surface area contributed by atoms with Gasteiger partial charge in [-0.15, -0.1) is 0 Å². The molecule has 2 nitrogen and oxygen atoms in total. The van der Waals surface area contributed by atoms with Crippen LogP contribution >= 0.6 is 11.6 Å². The first-order valence-electron chi connectivity index (χ1n) is 6.68. The third kappa shape index (κ3) is 3.33. The van der Waals surface area contributed by atoms with E-state index in [4.69, 9.17) is 17.3 Å². The molecule has 3 heteroatoms. The van der Waals surface area contributed by atoms with Crippen molar-refractivity contribution >= 4 is 16.8 Å². The zero-order chi connectivity index (χ0) is 13.0. The summed E-state index contributed by atoms with van der Waals surface area (Å²) < 4.78 is 0. The van der Waals surface area contributed by atoms with E-state index in [0.717, 1.165) is 5.56 Å². The van der Waals surface area contributed by atoms with E-state index in [9.17, 15) is 4.79 Å². The number of benzene rings is 1. The maximum Gasteiger partial charge on any atom is 0.222 e. The molecule has 1 fully saturated rings. The predicted octanol–water partition coefficient (Wildman–Crippen LogP) is 3.57. The second-order valence-corrected chi connectivity index (χ2v) is 5.58. The van der Waals surface area contributed by atoms with Crippen LogP contribution in [-0.2, 0) is 11.3 Å². The van der Waals surface area contributed by atoms with E-state index in [2.05, 4.69) is 24.3 Å². The van der Waals surface area contributed by atoms with E-state index in [1.165, 1.54) is 31.2 Å². The first-order valence-corrected chi connectivity index (χ1v) is 7.05. The van der Waals surface area contributed by atoms with Crippen LogP contribution in [-0.4, -0.2) is 5.24 Å². The summed E-state index contributed by atoms with van der Waals surface area (Å²) in [7, 11) is 0. The second-order valence-electron chi connectivity index (χ2n) is 5.16. The Morgan fingerprint density at radius 2 is 1.89 bits per heavy atom. The number of hydrogen-bond acceptors (Lipinski definition) is 2. The molecule has 2 N–H and O–H groups in total. The highest BCUT2D eigenvalue weighted by Crippen LogP contribution is 2.39. The van der Waals surface area contributed by atoms with Crippen LogP contribution in [0.5, 0.6) is 0 Å². The van der Waals surface area contributed by atoms with Gasteiger partial charge in [0.25, 0.3) is 0 Å². The van der Waals surface area contributed by atoms with Crippen molar-refractivity contribution in [3.8, 4) is 0 Å². The zero-order valence-corrected chi connectivity index (χ0v) is 11.3. The van der Waals surface area contributed by atoms with E-state index in [-0.39, 0.29) is 11.2 Å². The molecular formula is C15H20ClNO. The van der Waals surface area contributed by atoms with Crippen molar-refractivity contribution in [2.24, 2.45) is 11.7 Å². The minimum absolute atomic E-state index is 0.227. The molecule has 2 rings (SSSR count). The quantitative estimate of drug-likeness (QED) is 0.827. The molecular weight excluding hydrogens is 246 g/mol. The third-order valence-electron chi connectivity index (χ3n) is 3.99. The maximum atomic E-state index is 11.3. The smallest absolute Gasteiger partial charge is 0.222 e. The lowest BCUT2D eigenvalue weighted by Crippen LogP contribution is -2.12. The summed E-state index contributed by atoms with van der Waals surface area (Å²) in [5, 5.41) is -0.227. The van der Waals surface area contributed by atoms with E-state index >= 15 is 0 Å². The topological polar surface area (TPSA) is 43.1 Å². The molecule has 0 amide bonds. The van der Waals surface area contributed by atoms with Crippen LogP contribution in [0.2, 0.25) is 0 Å². The molecule has 1 aromatic rings. The van der Waals surface area contributed by atoms with Crippen LogP contribution in [0.4, 0.5) is 0 Å². The molecule has 0 aliphatic heterocycles. The summed E-state index contributed by atoms with van der Waals surface area (Å²) in [4.78, 5) is 11.3. The van der Waals surface area contributed by atoms with Crippen LogP contribution in [0, 0.1) is 5.92 Å². The van der Waals surface area contributed by atoms with E-state index in [1.54, 1.807) is 0 Å². The molecule has 0 spiro atoms. The van der Waals surface area contributed by atoms with Gasteiger partial charge in [-0.2, -0.15) is 0 Å². The molecule has 1 aliphatic carbocycles. The average molecular weight is 266 g/mol. The van der Waals surface area contributed by atoms with Crippen molar-refractivity contribution in [2.45, 2.75) is 44.6 Å². The molecule has 1 unspecified atom stereocenters. The molecule has 0 saturated heterocycles. The summed E-state index contributed by atoms with van der Waals surface area (Å²) in [5.74, 6) is 0.890. The largest absolute Gasteiger partial charge is 0.326 e. The number of nitrogens with two attached hydrogens (primary N) is 1. The van der Waals surface area contributed by atoms with Gasteiger partial charge < -0.3 is 5.73 Å². The fourth-order valence-corrected chi connectivity index (χ4v) is 3.16. The Morgan fingerprint density at radius 3 is 2.39 bits per heavy atom. The van der Waals surface area contributed by atoms with Gasteiger partial charge in [0.1, 0.15) is 0 Å². The molecule has 0 aromatic heterocycles. The van der Waals surface area contributed by atoms with Crippen LogP contribution in [0.15, 0.2) is 24.3 Å². The highest BCUT2D eigenvalue weighted by molar-refractivity contribution is 6.63. The Balaban J connectivity index is 2.17. The minimum Gasteiger partial charge on any atom is -0.326 e. The highest BCUT2D eigenvalue weighted by Gasteiger charge is 2.27. The molecule has 1 aliphatic rings. The van der Waals surface area contributed by atoms with Crippen molar-refractivity contribution in [3.63, 3.8) is 0 Å². The summed E-state index contributed by atoms with van der Waals surface area (Å²) in [6, 6.07) is 8.31. The Bertz CT molecular complexity index is 395. The third-order valence-corrected chi connectivity index (χ3v) is 4.15. The van der Waals surface area contributed by atoms with Gasteiger partial charge in [0, 0.05) is 13.0 Å². The molecule has 98 valence electrons. The lowest BCUT2D eigenvalue weighted by molar-refractivity contribution is -0.112. The van der Waals surface area contributed by atoms with Gasteiger partial charge in [0.2, 0.25) is 5.24 Å². The van der Waals surface area contributed by atoms with Gasteiger partial charge in [-0.3, -0.25) is 4.79 Å². The molecule has 1 aromatic carbocycles. The van der Waals surface area contributed by atoms with Crippen molar-refractivity contribution < 1.29 is 4.79 Å². The van der Waals surface area contributed by atoms with Crippen LogP contribution in [0.1, 0.15) is 49.1 Å². The fraction of sp³-hybridized carbons (Fsp3) is 0.533. The van der Waals surface area contributed by atoms with Crippen molar-refractivity contribution in [1.82, 2.24) is 0 Å². The normalized spacial score (nSPS) is 17.9. The Labute approximate surface area is 114 Å². The molecule has 0 radical (unpaired) electrons. The van der Waals surface area contributed by atoms with Crippen LogP contribution < -0.4 is 5.73 Å². The summed E-state index contributed by atoms with van der Waals surface area (Å²) in [6.07, 6.45) is 5.44. The van der Waals surface area contributed by atoms with Crippen molar-refractivity contribution in [1.29, 1.82) is 0 Å². The van der Waals surface area contributed by atoms with E-state index in [0.29, 0.717) is 18.9 Å². The fourth-order valence-electron chi connectivity index (χ4n) is 2.99. The predicted molar refractivity (Wildman–Crippen MR) is 74.5 cm³/mol. The lowest BCUT2D eigenvalue weighted by Gasteiger charge is -2.22. The Morgan fingerprint density at radius 1 is 1.28 bits per heavy atom. The molecule has 0 heterocycles. The van der Waals surface area contributed by atoms with Gasteiger partial charge in [-0.05, 0) is 47.4 Å². The number of carbonyl (C=O) groups is 1. The van der Waals surface area contributed by atoms with Crippen molar-refractivity contribution in [2.75, 3.05) is 0 Å². The molecule has 1 atom stereocenters. The van der Waals surface area contributed by atoms with Gasteiger partial charge >= 0.3 is 0 Å². The molecule has 1 saturated carbocycles. The lowest BCUT2D eigenvalue weighted by atomic mass is 9.82. The number of carbonyl (C=O) groups excluding carboxylic acids is 1. The van der Waals surface area contributed by atoms with Crippen LogP contribution in [0.3, 0.4) is 0 Å². The van der Waals surface area contributed by atoms with Crippen LogP contribution in [0.25, 0.3) is 0 Å². The highest BCUT2D eigenvalue weighted by atomic mass is 35.5. The minimum atomic E-state index is -0.227. The first kappa shape index (κ1) is 13.6. The number of rotatable bonds is 5. The van der Waals surface area contributed by atoms with Gasteiger partial charge in [-0.1, -0.05) is 37.1 Å². The SMILES string of the molecule is NCc1ccc(C(CC(=O)Cl)C2CCCC2)cc1. The zero-order valence-electron chi connectivity index (χ0n) is 10.6. The molecule has 0 bridgehead atoms. The average Bonchev–Trinajstić information content (AvgIpc) is 2.89. The van der Waals surface area contributed by atoms with Gasteiger partial charge in [0.05, 0.1) is 0 Å². The number of halogens is 1. The van der Waals surface area contributed by atoms with E-state index in [1.807, 2.05) is 0 Å². The molecule has 18 heavy (non-hydrogen) atoms. The standard InChI is InChI=1S/C15H20ClNO/c16-15(18)9-14(12-3-1-2-4-12)13-7-5-11(10-17)6-8-13/h5-8,12,14H,1-4,9-10,17H2. The number of hydrogen-bond donors (Lipinski definition) is 1. The van der Waals surface area contributed by atoms with Gasteiger partial charge in [-0.25, -0.2) is 0 Å². The first-order chi connectivity index (χ1) is 8.70.